The minimum atomic E-state index is -0.564. The number of fused-ring (bicyclic) bond motifs is 1. The summed E-state index contributed by atoms with van der Waals surface area (Å²) in [7, 11) is 0. The number of thiazole rings is 1. The molecule has 3 heterocycles. The maximum Gasteiger partial charge on any atom is 0.508 e. The molecule has 0 atom stereocenters. The van der Waals surface area contributed by atoms with Crippen molar-refractivity contribution in [1.29, 1.82) is 0 Å². The second-order valence-corrected chi connectivity index (χ2v) is 7.82. The summed E-state index contributed by atoms with van der Waals surface area (Å²) in [6, 6.07) is 11.9. The van der Waals surface area contributed by atoms with Gasteiger partial charge in [-0.2, -0.15) is 4.98 Å². The molecule has 0 saturated carbocycles. The van der Waals surface area contributed by atoms with Gasteiger partial charge in [0.2, 0.25) is 0 Å². The molecule has 1 fully saturated rings. The highest BCUT2D eigenvalue weighted by atomic mass is 32.1. The van der Waals surface area contributed by atoms with Gasteiger partial charge in [0.1, 0.15) is 11.9 Å². The van der Waals surface area contributed by atoms with E-state index in [-0.39, 0.29) is 6.10 Å². The Hall–Kier alpha value is -2.71. The van der Waals surface area contributed by atoms with Crippen molar-refractivity contribution in [2.24, 2.45) is 0 Å². The molecule has 1 aliphatic rings. The average Bonchev–Trinajstić information content (AvgIpc) is 3.13. The fourth-order valence-corrected chi connectivity index (χ4v) is 4.08. The van der Waals surface area contributed by atoms with Gasteiger partial charge in [0, 0.05) is 25.8 Å². The molecule has 152 valence electrons. The standard InChI is InChI=1S/C21H23N3O4S/c1-2-26-21(25)28-17-9-12-24(13-10-17)14-15-5-7-16(8-6-15)27-20-23-19-18(29-20)4-3-11-22-19/h3-8,11,17H,2,9-10,12-14H2,1H3. The summed E-state index contributed by atoms with van der Waals surface area (Å²) >= 11 is 1.48. The van der Waals surface area contributed by atoms with Crippen LogP contribution in [0.15, 0.2) is 42.6 Å². The van der Waals surface area contributed by atoms with E-state index in [1.807, 2.05) is 24.3 Å². The highest BCUT2D eigenvalue weighted by molar-refractivity contribution is 7.20. The van der Waals surface area contributed by atoms with E-state index < -0.39 is 6.16 Å². The SMILES string of the molecule is CCOC(=O)OC1CCN(Cc2ccc(Oc3nc4ncccc4s3)cc2)CC1. The first-order valence-electron chi connectivity index (χ1n) is 9.73. The molecule has 8 heteroatoms. The van der Waals surface area contributed by atoms with Gasteiger partial charge < -0.3 is 14.2 Å². The molecule has 7 nitrogen and oxygen atoms in total. The minimum Gasteiger partial charge on any atom is -0.435 e. The zero-order valence-electron chi connectivity index (χ0n) is 16.2. The summed E-state index contributed by atoms with van der Waals surface area (Å²) in [6.45, 7) is 4.75. The summed E-state index contributed by atoms with van der Waals surface area (Å²) in [5, 5.41) is 0.593. The van der Waals surface area contributed by atoms with Crippen LogP contribution >= 0.6 is 11.3 Å². The Balaban J connectivity index is 1.27. The number of nitrogens with zero attached hydrogens (tertiary/aromatic N) is 3. The Morgan fingerprint density at radius 1 is 1.21 bits per heavy atom. The second kappa shape index (κ2) is 9.19. The molecule has 0 spiro atoms. The Morgan fingerprint density at radius 2 is 2.00 bits per heavy atom. The van der Waals surface area contributed by atoms with Crippen LogP contribution in [0.3, 0.4) is 0 Å². The maximum atomic E-state index is 11.4. The monoisotopic (exact) mass is 413 g/mol. The number of benzene rings is 1. The number of carbonyl (C=O) groups is 1. The lowest BCUT2D eigenvalue weighted by molar-refractivity contribution is 0.000930. The third kappa shape index (κ3) is 5.21. The van der Waals surface area contributed by atoms with Crippen LogP contribution in [0, 0.1) is 0 Å². The van der Waals surface area contributed by atoms with Crippen LogP contribution in [0.25, 0.3) is 10.3 Å². The first kappa shape index (κ1) is 19.6. The van der Waals surface area contributed by atoms with E-state index in [4.69, 9.17) is 14.2 Å². The molecular weight excluding hydrogens is 390 g/mol. The molecule has 3 aromatic rings. The van der Waals surface area contributed by atoms with Crippen molar-refractivity contribution in [3.8, 4) is 10.9 Å². The van der Waals surface area contributed by atoms with Gasteiger partial charge in [-0.3, -0.25) is 4.90 Å². The Morgan fingerprint density at radius 3 is 2.72 bits per heavy atom. The lowest BCUT2D eigenvalue weighted by atomic mass is 10.1. The van der Waals surface area contributed by atoms with E-state index >= 15 is 0 Å². The van der Waals surface area contributed by atoms with E-state index in [1.165, 1.54) is 16.9 Å². The van der Waals surface area contributed by atoms with Crippen molar-refractivity contribution in [3.63, 3.8) is 0 Å². The zero-order valence-corrected chi connectivity index (χ0v) is 17.1. The Bertz CT molecular complexity index is 919. The highest BCUT2D eigenvalue weighted by Crippen LogP contribution is 2.30. The van der Waals surface area contributed by atoms with Gasteiger partial charge in [-0.1, -0.05) is 23.5 Å². The number of pyridine rings is 1. The van der Waals surface area contributed by atoms with E-state index in [9.17, 15) is 4.79 Å². The Labute approximate surface area is 173 Å². The van der Waals surface area contributed by atoms with Crippen molar-refractivity contribution in [1.82, 2.24) is 14.9 Å². The zero-order chi connectivity index (χ0) is 20.1. The summed E-state index contributed by atoms with van der Waals surface area (Å²) in [5.41, 5.74) is 1.92. The molecule has 0 unspecified atom stereocenters. The summed E-state index contributed by atoms with van der Waals surface area (Å²) in [6.07, 6.45) is 2.76. The van der Waals surface area contributed by atoms with Crippen molar-refractivity contribution < 1.29 is 19.0 Å². The highest BCUT2D eigenvalue weighted by Gasteiger charge is 2.22. The van der Waals surface area contributed by atoms with Crippen LogP contribution < -0.4 is 4.74 Å². The molecular formula is C21H23N3O4S. The van der Waals surface area contributed by atoms with Gasteiger partial charge in [-0.05, 0) is 49.6 Å². The second-order valence-electron chi connectivity index (χ2n) is 6.83. The minimum absolute atomic E-state index is 0.0515. The average molecular weight is 413 g/mol. The molecule has 4 rings (SSSR count). The fourth-order valence-electron chi connectivity index (χ4n) is 3.29. The van der Waals surface area contributed by atoms with Gasteiger partial charge in [0.05, 0.1) is 11.3 Å². The normalized spacial score (nSPS) is 15.3. The van der Waals surface area contributed by atoms with Crippen LogP contribution in [-0.4, -0.2) is 46.8 Å². The summed E-state index contributed by atoms with van der Waals surface area (Å²) in [4.78, 5) is 22.4. The van der Waals surface area contributed by atoms with E-state index in [2.05, 4.69) is 27.0 Å². The number of aromatic nitrogens is 2. The first-order valence-corrected chi connectivity index (χ1v) is 10.6. The van der Waals surface area contributed by atoms with Crippen LogP contribution in [-0.2, 0) is 16.0 Å². The molecule has 29 heavy (non-hydrogen) atoms. The molecule has 1 aromatic carbocycles. The summed E-state index contributed by atoms with van der Waals surface area (Å²) < 4.78 is 17.0. The number of hydrogen-bond acceptors (Lipinski definition) is 8. The fraction of sp³-hybridized carbons (Fsp3) is 0.381. The first-order chi connectivity index (χ1) is 14.2. The molecule has 0 radical (unpaired) electrons. The number of rotatable bonds is 6. The molecule has 0 aliphatic carbocycles. The number of ether oxygens (including phenoxy) is 3. The quantitative estimate of drug-likeness (QED) is 0.546. The predicted molar refractivity (Wildman–Crippen MR) is 110 cm³/mol. The number of piperidine rings is 1. The van der Waals surface area contributed by atoms with Crippen molar-refractivity contribution in [2.75, 3.05) is 19.7 Å². The lowest BCUT2D eigenvalue weighted by Crippen LogP contribution is -2.37. The largest absolute Gasteiger partial charge is 0.508 e. The lowest BCUT2D eigenvalue weighted by Gasteiger charge is -2.31. The number of likely N-dealkylation sites (tertiary alicyclic amines) is 1. The van der Waals surface area contributed by atoms with Gasteiger partial charge >= 0.3 is 6.16 Å². The third-order valence-electron chi connectivity index (χ3n) is 4.74. The molecule has 0 amide bonds. The van der Waals surface area contributed by atoms with Crippen LogP contribution in [0.1, 0.15) is 25.3 Å². The van der Waals surface area contributed by atoms with Crippen LogP contribution in [0.4, 0.5) is 4.79 Å². The molecule has 2 aromatic heterocycles. The molecule has 1 aliphatic heterocycles. The van der Waals surface area contributed by atoms with Gasteiger partial charge in [0.15, 0.2) is 5.65 Å². The molecule has 1 saturated heterocycles. The van der Waals surface area contributed by atoms with Crippen molar-refractivity contribution in [2.45, 2.75) is 32.4 Å². The van der Waals surface area contributed by atoms with E-state index in [0.29, 0.717) is 17.4 Å². The van der Waals surface area contributed by atoms with Crippen molar-refractivity contribution in [3.05, 3.63) is 48.2 Å². The number of hydrogen-bond donors (Lipinski definition) is 0. The van der Waals surface area contributed by atoms with Crippen molar-refractivity contribution >= 4 is 27.8 Å². The predicted octanol–water partition coefficient (Wildman–Crippen LogP) is 4.62. The van der Waals surface area contributed by atoms with Gasteiger partial charge in [-0.25, -0.2) is 9.78 Å². The Kier molecular flexibility index (Phi) is 6.21. The summed E-state index contributed by atoms with van der Waals surface area (Å²) in [5.74, 6) is 0.759. The van der Waals surface area contributed by atoms with Crippen LogP contribution in [0.2, 0.25) is 0 Å². The molecule has 0 bridgehead atoms. The van der Waals surface area contributed by atoms with Gasteiger partial charge in [0.25, 0.3) is 5.19 Å². The van der Waals surface area contributed by atoms with E-state index in [0.717, 1.165) is 42.9 Å². The van der Waals surface area contributed by atoms with E-state index in [1.54, 1.807) is 13.1 Å². The number of carbonyl (C=O) groups excluding carboxylic acids is 1. The maximum absolute atomic E-state index is 11.4. The molecule has 0 N–H and O–H groups in total. The topological polar surface area (TPSA) is 73.8 Å². The van der Waals surface area contributed by atoms with Crippen LogP contribution in [0.5, 0.6) is 10.9 Å². The van der Waals surface area contributed by atoms with Gasteiger partial charge in [-0.15, -0.1) is 0 Å². The third-order valence-corrected chi connectivity index (χ3v) is 5.63. The smallest absolute Gasteiger partial charge is 0.435 e.